The van der Waals surface area contributed by atoms with Crippen LogP contribution in [0.2, 0.25) is 10.0 Å². The summed E-state index contributed by atoms with van der Waals surface area (Å²) in [5.41, 5.74) is 7.53. The van der Waals surface area contributed by atoms with E-state index < -0.39 is 0 Å². The third kappa shape index (κ3) is 3.35. The minimum absolute atomic E-state index is 0.156. The second kappa shape index (κ2) is 5.90. The van der Waals surface area contributed by atoms with Crippen LogP contribution >= 0.6 is 23.2 Å². The molecule has 0 fully saturated rings. The van der Waals surface area contributed by atoms with Gasteiger partial charge in [0.15, 0.2) is 5.82 Å². The average Bonchev–Trinajstić information content (AvgIpc) is 2.70. The Morgan fingerprint density at radius 2 is 1.76 bits per heavy atom. The average molecular weight is 327 g/mol. The monoisotopic (exact) mass is 326 g/mol. The number of benzene rings is 1. The van der Waals surface area contributed by atoms with Gasteiger partial charge in [0.25, 0.3) is 0 Å². The number of halogens is 2. The maximum atomic E-state index is 6.28. The topological polar surface area (TPSA) is 52.0 Å². The Kier molecular flexibility index (Phi) is 4.54. The van der Waals surface area contributed by atoms with E-state index in [1.165, 1.54) is 0 Å². The lowest BCUT2D eigenvalue weighted by Gasteiger charge is -2.26. The van der Waals surface area contributed by atoms with Crippen LogP contribution in [-0.4, -0.2) is 5.16 Å². The maximum absolute atomic E-state index is 6.28. The number of hydrogen-bond donors (Lipinski definition) is 1. The van der Waals surface area contributed by atoms with Crippen LogP contribution in [0.15, 0.2) is 22.7 Å². The Balaban J connectivity index is 2.49. The summed E-state index contributed by atoms with van der Waals surface area (Å²) in [4.78, 5) is 0. The lowest BCUT2D eigenvalue weighted by molar-refractivity contribution is 0.240. The summed E-state index contributed by atoms with van der Waals surface area (Å²) in [6.07, 6.45) is 0.727. The van der Waals surface area contributed by atoms with E-state index in [0.29, 0.717) is 32.9 Å². The molecule has 1 atom stereocenters. The summed E-state index contributed by atoms with van der Waals surface area (Å²) in [6, 6.07) is 5.37. The molecule has 1 aromatic heterocycles. The summed E-state index contributed by atoms with van der Waals surface area (Å²) < 4.78 is 5.43. The molecule has 2 rings (SSSR count). The number of nitrogen functional groups attached to an aromatic ring is 1. The van der Waals surface area contributed by atoms with Crippen molar-refractivity contribution in [1.82, 2.24) is 5.16 Å². The van der Waals surface area contributed by atoms with Gasteiger partial charge in [-0.3, -0.25) is 0 Å². The van der Waals surface area contributed by atoms with Crippen LogP contribution in [0.25, 0.3) is 11.1 Å². The third-order valence-electron chi connectivity index (χ3n) is 3.97. The molecule has 0 bridgehead atoms. The van der Waals surface area contributed by atoms with E-state index in [9.17, 15) is 0 Å². The Morgan fingerprint density at radius 1 is 1.19 bits per heavy atom. The van der Waals surface area contributed by atoms with Gasteiger partial charge in [0, 0.05) is 12.0 Å². The SMILES string of the molecule is CC(Cc1onc(N)c1-c1c(Cl)cccc1Cl)C(C)(C)C. The van der Waals surface area contributed by atoms with Crippen LogP contribution in [-0.2, 0) is 6.42 Å². The molecular formula is C16H20Cl2N2O. The largest absolute Gasteiger partial charge is 0.380 e. The van der Waals surface area contributed by atoms with E-state index in [-0.39, 0.29) is 5.41 Å². The number of nitrogens with zero attached hydrogens (tertiary/aromatic N) is 1. The number of rotatable bonds is 3. The van der Waals surface area contributed by atoms with Gasteiger partial charge in [0.2, 0.25) is 0 Å². The van der Waals surface area contributed by atoms with Gasteiger partial charge in [0.1, 0.15) is 5.76 Å². The maximum Gasteiger partial charge on any atom is 0.175 e. The third-order valence-corrected chi connectivity index (χ3v) is 4.60. The van der Waals surface area contributed by atoms with Crippen molar-refractivity contribution in [2.75, 3.05) is 5.73 Å². The minimum Gasteiger partial charge on any atom is -0.380 e. The normalized spacial score (nSPS) is 13.4. The molecule has 0 saturated carbocycles. The Labute approximate surface area is 135 Å². The van der Waals surface area contributed by atoms with E-state index in [0.717, 1.165) is 12.2 Å². The van der Waals surface area contributed by atoms with Gasteiger partial charge < -0.3 is 10.3 Å². The highest BCUT2D eigenvalue weighted by Gasteiger charge is 2.26. The van der Waals surface area contributed by atoms with E-state index >= 15 is 0 Å². The zero-order valence-corrected chi connectivity index (χ0v) is 14.2. The predicted molar refractivity (Wildman–Crippen MR) is 88.7 cm³/mol. The van der Waals surface area contributed by atoms with Gasteiger partial charge in [0.05, 0.1) is 15.6 Å². The number of aromatic nitrogens is 1. The summed E-state index contributed by atoms with van der Waals surface area (Å²) in [5, 5.41) is 4.98. The summed E-state index contributed by atoms with van der Waals surface area (Å²) in [6.45, 7) is 8.76. The second-order valence-electron chi connectivity index (χ2n) is 6.43. The van der Waals surface area contributed by atoms with Gasteiger partial charge in [-0.25, -0.2) is 0 Å². The van der Waals surface area contributed by atoms with Crippen LogP contribution in [0.5, 0.6) is 0 Å². The van der Waals surface area contributed by atoms with E-state index in [2.05, 4.69) is 32.9 Å². The fourth-order valence-electron chi connectivity index (χ4n) is 2.07. The van der Waals surface area contributed by atoms with Crippen molar-refractivity contribution in [2.45, 2.75) is 34.1 Å². The lowest BCUT2D eigenvalue weighted by Crippen LogP contribution is -2.19. The standard InChI is InChI=1S/C16H20Cl2N2O/c1-9(16(2,3)4)8-12-14(15(19)20-21-12)13-10(17)6-5-7-11(13)18/h5-7,9H,8H2,1-4H3,(H2,19,20). The highest BCUT2D eigenvalue weighted by atomic mass is 35.5. The molecule has 0 radical (unpaired) electrons. The van der Waals surface area contributed by atoms with Crippen LogP contribution < -0.4 is 5.73 Å². The van der Waals surface area contributed by atoms with Gasteiger partial charge in [-0.15, -0.1) is 0 Å². The summed E-state index contributed by atoms with van der Waals surface area (Å²) in [5.74, 6) is 1.44. The molecule has 1 aromatic carbocycles. The predicted octanol–water partition coefficient (Wildman–Crippen LogP) is 5.46. The summed E-state index contributed by atoms with van der Waals surface area (Å²) in [7, 11) is 0. The molecule has 114 valence electrons. The van der Waals surface area contributed by atoms with E-state index in [1.807, 2.05) is 0 Å². The molecule has 0 spiro atoms. The molecule has 2 N–H and O–H groups in total. The molecular weight excluding hydrogens is 307 g/mol. The van der Waals surface area contributed by atoms with Gasteiger partial charge >= 0.3 is 0 Å². The van der Waals surface area contributed by atoms with Crippen molar-refractivity contribution in [2.24, 2.45) is 11.3 Å². The molecule has 1 unspecified atom stereocenters. The molecule has 0 amide bonds. The fourth-order valence-corrected chi connectivity index (χ4v) is 2.65. The highest BCUT2D eigenvalue weighted by Crippen LogP contribution is 2.41. The second-order valence-corrected chi connectivity index (χ2v) is 7.25. The van der Waals surface area contributed by atoms with E-state index in [4.69, 9.17) is 33.5 Å². The summed E-state index contributed by atoms with van der Waals surface area (Å²) >= 11 is 12.6. The lowest BCUT2D eigenvalue weighted by atomic mass is 9.79. The van der Waals surface area contributed by atoms with Gasteiger partial charge in [-0.1, -0.05) is 62.1 Å². The van der Waals surface area contributed by atoms with Crippen LogP contribution in [0.4, 0.5) is 5.82 Å². The number of nitrogens with two attached hydrogens (primary N) is 1. The minimum atomic E-state index is 0.156. The first-order valence-electron chi connectivity index (χ1n) is 6.90. The number of anilines is 1. The highest BCUT2D eigenvalue weighted by molar-refractivity contribution is 6.39. The Hall–Kier alpha value is -1.19. The molecule has 0 saturated heterocycles. The zero-order valence-electron chi connectivity index (χ0n) is 12.7. The first-order chi connectivity index (χ1) is 9.71. The molecule has 1 heterocycles. The number of hydrogen-bond acceptors (Lipinski definition) is 3. The van der Waals surface area contributed by atoms with E-state index in [1.54, 1.807) is 18.2 Å². The van der Waals surface area contributed by atoms with Crippen molar-refractivity contribution in [3.05, 3.63) is 34.0 Å². The molecule has 0 aliphatic heterocycles. The Morgan fingerprint density at radius 3 is 2.29 bits per heavy atom. The first-order valence-corrected chi connectivity index (χ1v) is 7.65. The van der Waals surface area contributed by atoms with Crippen molar-refractivity contribution in [1.29, 1.82) is 0 Å². The quantitative estimate of drug-likeness (QED) is 0.815. The fraction of sp³-hybridized carbons (Fsp3) is 0.438. The van der Waals surface area contributed by atoms with Crippen LogP contribution in [0.3, 0.4) is 0 Å². The van der Waals surface area contributed by atoms with Crippen molar-refractivity contribution in [3.8, 4) is 11.1 Å². The molecule has 21 heavy (non-hydrogen) atoms. The van der Waals surface area contributed by atoms with Crippen molar-refractivity contribution >= 4 is 29.0 Å². The smallest absolute Gasteiger partial charge is 0.175 e. The molecule has 0 aliphatic carbocycles. The van der Waals surface area contributed by atoms with Crippen molar-refractivity contribution < 1.29 is 4.52 Å². The van der Waals surface area contributed by atoms with Crippen LogP contribution in [0, 0.1) is 11.3 Å². The molecule has 2 aromatic rings. The van der Waals surface area contributed by atoms with Gasteiger partial charge in [-0.05, 0) is 23.5 Å². The first kappa shape index (κ1) is 16.2. The molecule has 5 heteroatoms. The Bertz CT molecular complexity index is 624. The van der Waals surface area contributed by atoms with Crippen molar-refractivity contribution in [3.63, 3.8) is 0 Å². The zero-order chi connectivity index (χ0) is 15.8. The molecule has 0 aliphatic rings. The van der Waals surface area contributed by atoms with Gasteiger partial charge in [-0.2, -0.15) is 0 Å². The molecule has 3 nitrogen and oxygen atoms in total. The van der Waals surface area contributed by atoms with Crippen LogP contribution in [0.1, 0.15) is 33.5 Å².